The third-order valence-corrected chi connectivity index (χ3v) is 4.44. The van der Waals surface area contributed by atoms with Gasteiger partial charge < -0.3 is 4.74 Å². The minimum Gasteiger partial charge on any atom is -0.402 e. The Hall–Kier alpha value is -1.52. The van der Waals surface area contributed by atoms with Gasteiger partial charge in [0.2, 0.25) is 5.90 Å². The van der Waals surface area contributed by atoms with Gasteiger partial charge in [0.05, 0.1) is 20.6 Å². The molecule has 0 aliphatic carbocycles. The lowest BCUT2D eigenvalue weighted by atomic mass is 10.2. The van der Waals surface area contributed by atoms with Crippen LogP contribution < -0.4 is 0 Å². The number of aliphatic imine (C=N–C) groups is 1. The lowest BCUT2D eigenvalue weighted by Crippen LogP contribution is -2.05. The molecule has 0 N–H and O–H groups in total. The van der Waals surface area contributed by atoms with E-state index >= 15 is 0 Å². The second kappa shape index (κ2) is 6.54. The standard InChI is InChI=1S/C16H7Cl4NO2/c17-9-4-5-10(12(19)7-9)15-21-13(16(22)23-15)6-8-2-1-3-11(18)14(8)20/h1-7H. The van der Waals surface area contributed by atoms with Crippen molar-refractivity contribution >= 4 is 64.3 Å². The second-order valence-electron chi connectivity index (χ2n) is 4.60. The number of halogens is 4. The van der Waals surface area contributed by atoms with Crippen LogP contribution in [0.3, 0.4) is 0 Å². The molecule has 0 spiro atoms. The third kappa shape index (κ3) is 3.38. The van der Waals surface area contributed by atoms with Crippen LogP contribution in [0.2, 0.25) is 20.1 Å². The summed E-state index contributed by atoms with van der Waals surface area (Å²) < 4.78 is 5.16. The molecule has 7 heteroatoms. The number of rotatable bonds is 2. The van der Waals surface area contributed by atoms with Crippen molar-refractivity contribution in [3.8, 4) is 0 Å². The van der Waals surface area contributed by atoms with E-state index in [-0.39, 0.29) is 11.6 Å². The van der Waals surface area contributed by atoms with Gasteiger partial charge in [-0.2, -0.15) is 0 Å². The summed E-state index contributed by atoms with van der Waals surface area (Å²) >= 11 is 24.0. The van der Waals surface area contributed by atoms with Gasteiger partial charge in [-0.3, -0.25) is 0 Å². The van der Waals surface area contributed by atoms with Gasteiger partial charge in [-0.15, -0.1) is 0 Å². The highest BCUT2D eigenvalue weighted by Gasteiger charge is 2.26. The van der Waals surface area contributed by atoms with Crippen molar-refractivity contribution in [2.75, 3.05) is 0 Å². The minimum atomic E-state index is -0.595. The number of ether oxygens (including phenoxy) is 1. The molecule has 0 saturated carbocycles. The molecule has 116 valence electrons. The maximum Gasteiger partial charge on any atom is 0.363 e. The maximum absolute atomic E-state index is 12.0. The molecular formula is C16H7Cl4NO2. The van der Waals surface area contributed by atoms with E-state index in [1.807, 2.05) is 0 Å². The van der Waals surface area contributed by atoms with Crippen molar-refractivity contribution in [1.29, 1.82) is 0 Å². The molecule has 2 aromatic rings. The summed E-state index contributed by atoms with van der Waals surface area (Å²) in [6.45, 7) is 0. The number of carbonyl (C=O) groups excluding carboxylic acids is 1. The Bertz CT molecular complexity index is 874. The number of hydrogen-bond donors (Lipinski definition) is 0. The summed E-state index contributed by atoms with van der Waals surface area (Å²) in [6.07, 6.45) is 1.51. The molecule has 3 rings (SSSR count). The van der Waals surface area contributed by atoms with E-state index in [0.29, 0.717) is 31.2 Å². The van der Waals surface area contributed by atoms with Crippen LogP contribution in [0.5, 0.6) is 0 Å². The first-order valence-electron chi connectivity index (χ1n) is 6.37. The van der Waals surface area contributed by atoms with Gasteiger partial charge in [-0.1, -0.05) is 58.5 Å². The monoisotopic (exact) mass is 385 g/mol. The Kier molecular flexibility index (Phi) is 4.64. The SMILES string of the molecule is O=C1OC(c2ccc(Cl)cc2Cl)=NC1=Cc1cccc(Cl)c1Cl. The van der Waals surface area contributed by atoms with Crippen LogP contribution >= 0.6 is 46.4 Å². The largest absolute Gasteiger partial charge is 0.402 e. The Labute approximate surface area is 152 Å². The van der Waals surface area contributed by atoms with Crippen LogP contribution in [0.4, 0.5) is 0 Å². The van der Waals surface area contributed by atoms with E-state index in [1.165, 1.54) is 6.08 Å². The number of cyclic esters (lactones) is 1. The zero-order valence-corrected chi connectivity index (χ0v) is 14.3. The van der Waals surface area contributed by atoms with E-state index in [0.717, 1.165) is 0 Å². The van der Waals surface area contributed by atoms with E-state index in [4.69, 9.17) is 51.1 Å². The molecular weight excluding hydrogens is 380 g/mol. The van der Waals surface area contributed by atoms with Gasteiger partial charge in [0.1, 0.15) is 0 Å². The molecule has 23 heavy (non-hydrogen) atoms. The molecule has 0 radical (unpaired) electrons. The molecule has 1 aliphatic rings. The molecule has 3 nitrogen and oxygen atoms in total. The lowest BCUT2D eigenvalue weighted by Gasteiger charge is -2.02. The quantitative estimate of drug-likeness (QED) is 0.494. The second-order valence-corrected chi connectivity index (χ2v) is 6.23. The van der Waals surface area contributed by atoms with Gasteiger partial charge in [0, 0.05) is 5.02 Å². The van der Waals surface area contributed by atoms with Crippen LogP contribution in [-0.4, -0.2) is 11.9 Å². The summed E-state index contributed by atoms with van der Waals surface area (Å²) in [7, 11) is 0. The smallest absolute Gasteiger partial charge is 0.363 e. The molecule has 0 bridgehead atoms. The molecule has 0 atom stereocenters. The highest BCUT2D eigenvalue weighted by molar-refractivity contribution is 6.43. The molecule has 1 heterocycles. The van der Waals surface area contributed by atoms with Crippen molar-refractivity contribution in [2.24, 2.45) is 4.99 Å². The minimum absolute atomic E-state index is 0.107. The average molecular weight is 387 g/mol. The van der Waals surface area contributed by atoms with Crippen LogP contribution in [-0.2, 0) is 9.53 Å². The van der Waals surface area contributed by atoms with Gasteiger partial charge in [-0.05, 0) is 35.9 Å². The number of esters is 1. The zero-order valence-electron chi connectivity index (χ0n) is 11.3. The highest BCUT2D eigenvalue weighted by atomic mass is 35.5. The van der Waals surface area contributed by atoms with Crippen LogP contribution in [0.15, 0.2) is 47.1 Å². The number of hydrogen-bond acceptors (Lipinski definition) is 3. The summed E-state index contributed by atoms with van der Waals surface area (Å²) in [5.74, 6) is -0.483. The fourth-order valence-corrected chi connectivity index (χ4v) is 2.82. The summed E-state index contributed by atoms with van der Waals surface area (Å²) in [6, 6.07) is 9.91. The number of nitrogens with zero attached hydrogens (tertiary/aromatic N) is 1. The van der Waals surface area contributed by atoms with Gasteiger partial charge in [0.15, 0.2) is 5.70 Å². The summed E-state index contributed by atoms with van der Waals surface area (Å²) in [5, 5.41) is 1.54. The normalized spacial score (nSPS) is 15.7. The van der Waals surface area contributed by atoms with Crippen LogP contribution in [0, 0.1) is 0 Å². The first-order valence-corrected chi connectivity index (χ1v) is 7.89. The van der Waals surface area contributed by atoms with Gasteiger partial charge in [0.25, 0.3) is 0 Å². The highest BCUT2D eigenvalue weighted by Crippen LogP contribution is 2.30. The number of carbonyl (C=O) groups is 1. The molecule has 0 unspecified atom stereocenters. The molecule has 0 saturated heterocycles. The third-order valence-electron chi connectivity index (χ3n) is 3.06. The van der Waals surface area contributed by atoms with Crippen molar-refractivity contribution in [3.63, 3.8) is 0 Å². The fraction of sp³-hybridized carbons (Fsp3) is 0. The predicted octanol–water partition coefficient (Wildman–Crippen LogP) is 5.64. The molecule has 0 fully saturated rings. The lowest BCUT2D eigenvalue weighted by molar-refractivity contribution is -0.129. The molecule has 0 amide bonds. The topological polar surface area (TPSA) is 38.7 Å². The van der Waals surface area contributed by atoms with Crippen molar-refractivity contribution < 1.29 is 9.53 Å². The Morgan fingerprint density at radius 3 is 2.52 bits per heavy atom. The van der Waals surface area contributed by atoms with Crippen LogP contribution in [0.25, 0.3) is 6.08 Å². The van der Waals surface area contributed by atoms with Gasteiger partial charge >= 0.3 is 5.97 Å². The molecule has 1 aliphatic heterocycles. The van der Waals surface area contributed by atoms with E-state index in [1.54, 1.807) is 36.4 Å². The molecule has 2 aromatic carbocycles. The first kappa shape index (κ1) is 16.3. The van der Waals surface area contributed by atoms with Crippen molar-refractivity contribution in [1.82, 2.24) is 0 Å². The number of benzene rings is 2. The average Bonchev–Trinajstić information content (AvgIpc) is 2.85. The van der Waals surface area contributed by atoms with E-state index < -0.39 is 5.97 Å². The van der Waals surface area contributed by atoms with E-state index in [9.17, 15) is 4.79 Å². The Balaban J connectivity index is 2.01. The Morgan fingerprint density at radius 1 is 1.00 bits per heavy atom. The van der Waals surface area contributed by atoms with Crippen molar-refractivity contribution in [2.45, 2.75) is 0 Å². The zero-order chi connectivity index (χ0) is 16.6. The summed E-state index contributed by atoms with van der Waals surface area (Å²) in [4.78, 5) is 16.2. The fourth-order valence-electron chi connectivity index (χ4n) is 1.97. The predicted molar refractivity (Wildman–Crippen MR) is 93.5 cm³/mol. The first-order chi connectivity index (χ1) is 11.0. The Morgan fingerprint density at radius 2 is 1.78 bits per heavy atom. The van der Waals surface area contributed by atoms with Crippen LogP contribution in [0.1, 0.15) is 11.1 Å². The summed E-state index contributed by atoms with van der Waals surface area (Å²) in [5.41, 5.74) is 1.15. The van der Waals surface area contributed by atoms with Gasteiger partial charge in [-0.25, -0.2) is 9.79 Å². The van der Waals surface area contributed by atoms with E-state index in [2.05, 4.69) is 4.99 Å². The molecule has 0 aromatic heterocycles. The maximum atomic E-state index is 12.0. The van der Waals surface area contributed by atoms with Crippen molar-refractivity contribution in [3.05, 3.63) is 73.3 Å².